The molecular weight excluding hydrogens is 318 g/mol. The molecule has 2 N–H and O–H groups in total. The first-order valence-corrected chi connectivity index (χ1v) is 7.59. The lowest BCUT2D eigenvalue weighted by atomic mass is 10.2. The zero-order valence-electron chi connectivity index (χ0n) is 12.4. The number of piperazine rings is 1. The molecule has 0 unspecified atom stereocenters. The molecule has 120 valence electrons. The second-order valence-electron chi connectivity index (χ2n) is 5.21. The van der Waals surface area contributed by atoms with Crippen LogP contribution in [0.3, 0.4) is 0 Å². The maximum Gasteiger partial charge on any atom is 0.228 e. The highest BCUT2D eigenvalue weighted by atomic mass is 35.5. The lowest BCUT2D eigenvalue weighted by Crippen LogP contribution is -2.49. The Kier molecular flexibility index (Phi) is 4.52. The largest absolute Gasteiger partial charge is 0.382 e. The van der Waals surface area contributed by atoms with Gasteiger partial charge in [0.1, 0.15) is 5.82 Å². The van der Waals surface area contributed by atoms with Gasteiger partial charge in [0.2, 0.25) is 5.91 Å². The van der Waals surface area contributed by atoms with E-state index in [1.165, 1.54) is 0 Å². The number of carbonyl (C=O) groups is 1. The van der Waals surface area contributed by atoms with E-state index in [0.717, 1.165) is 5.82 Å². The summed E-state index contributed by atoms with van der Waals surface area (Å²) in [6.45, 7) is 2.67. The topological polar surface area (TPSA) is 101 Å². The number of amides is 1. The predicted molar refractivity (Wildman–Crippen MR) is 86.0 cm³/mol. The van der Waals surface area contributed by atoms with E-state index in [1.54, 1.807) is 18.2 Å². The molecule has 1 aliphatic heterocycles. The van der Waals surface area contributed by atoms with Gasteiger partial charge in [-0.2, -0.15) is 5.10 Å². The number of hydrogen-bond donors (Lipinski definition) is 1. The van der Waals surface area contributed by atoms with Crippen molar-refractivity contribution in [3.63, 3.8) is 0 Å². The number of hydrogen-bond acceptors (Lipinski definition) is 7. The molecule has 0 spiro atoms. The average molecular weight is 334 g/mol. The molecule has 8 nitrogen and oxygen atoms in total. The molecule has 1 fully saturated rings. The van der Waals surface area contributed by atoms with Crippen molar-refractivity contribution in [1.29, 1.82) is 0 Å². The fourth-order valence-electron chi connectivity index (χ4n) is 2.39. The molecule has 0 aromatic carbocycles. The van der Waals surface area contributed by atoms with Gasteiger partial charge in [-0.1, -0.05) is 11.6 Å². The Hall–Kier alpha value is -2.48. The predicted octanol–water partition coefficient (Wildman–Crippen LogP) is 0.393. The fourth-order valence-corrected chi connectivity index (χ4v) is 2.49. The molecule has 1 aliphatic rings. The summed E-state index contributed by atoms with van der Waals surface area (Å²) in [6.07, 6.45) is 0.230. The number of carbonyl (C=O) groups excluding carboxylic acids is 1. The third-order valence-corrected chi connectivity index (χ3v) is 3.85. The Morgan fingerprint density at radius 3 is 2.43 bits per heavy atom. The van der Waals surface area contributed by atoms with Crippen LogP contribution in [0.4, 0.5) is 11.6 Å². The van der Waals surface area contributed by atoms with Gasteiger partial charge in [-0.05, 0) is 24.3 Å². The molecule has 2 aromatic rings. The van der Waals surface area contributed by atoms with Gasteiger partial charge in [0.25, 0.3) is 0 Å². The molecular formula is C14H16ClN7O. The van der Waals surface area contributed by atoms with Gasteiger partial charge in [-0.25, -0.2) is 0 Å². The molecule has 0 radical (unpaired) electrons. The highest BCUT2D eigenvalue weighted by Crippen LogP contribution is 2.14. The molecule has 0 bridgehead atoms. The van der Waals surface area contributed by atoms with Crippen LogP contribution < -0.4 is 10.6 Å². The van der Waals surface area contributed by atoms with Crippen molar-refractivity contribution < 1.29 is 4.79 Å². The first kappa shape index (κ1) is 15.4. The average Bonchev–Trinajstić information content (AvgIpc) is 2.58. The van der Waals surface area contributed by atoms with Crippen LogP contribution >= 0.6 is 11.6 Å². The van der Waals surface area contributed by atoms with Gasteiger partial charge in [0.05, 0.1) is 12.1 Å². The number of rotatable bonds is 3. The molecule has 3 heterocycles. The van der Waals surface area contributed by atoms with Gasteiger partial charge < -0.3 is 15.5 Å². The molecule has 1 amide bonds. The summed E-state index contributed by atoms with van der Waals surface area (Å²) < 4.78 is 0. The van der Waals surface area contributed by atoms with Gasteiger partial charge in [-0.3, -0.25) is 4.79 Å². The maximum atomic E-state index is 12.3. The number of anilines is 2. The van der Waals surface area contributed by atoms with Crippen molar-refractivity contribution in [3.8, 4) is 0 Å². The van der Waals surface area contributed by atoms with E-state index in [4.69, 9.17) is 17.3 Å². The van der Waals surface area contributed by atoms with Crippen LogP contribution in [0.1, 0.15) is 5.69 Å². The summed E-state index contributed by atoms with van der Waals surface area (Å²) in [6, 6.07) is 6.91. The monoisotopic (exact) mass is 333 g/mol. The van der Waals surface area contributed by atoms with Crippen molar-refractivity contribution in [2.75, 3.05) is 36.8 Å². The standard InChI is InChI=1S/C14H16ClN7O/c15-11-2-4-13(20-18-11)21-5-7-22(8-6-21)14(23)9-10-1-3-12(16)19-17-10/h1-4H,5-9H2,(H2,16,19). The minimum absolute atomic E-state index is 0.0333. The molecule has 0 saturated carbocycles. The number of nitrogens with two attached hydrogens (primary N) is 1. The normalized spacial score (nSPS) is 14.8. The smallest absolute Gasteiger partial charge is 0.228 e. The van der Waals surface area contributed by atoms with Crippen LogP contribution in [0.25, 0.3) is 0 Å². The Morgan fingerprint density at radius 2 is 1.83 bits per heavy atom. The Morgan fingerprint density at radius 1 is 1.04 bits per heavy atom. The summed E-state index contributed by atoms with van der Waals surface area (Å²) in [5.74, 6) is 1.15. The van der Waals surface area contributed by atoms with Gasteiger partial charge in [0, 0.05) is 26.2 Å². The van der Waals surface area contributed by atoms with Crippen molar-refractivity contribution >= 4 is 29.1 Å². The van der Waals surface area contributed by atoms with Crippen LogP contribution in [-0.2, 0) is 11.2 Å². The van der Waals surface area contributed by atoms with Crippen LogP contribution in [0.15, 0.2) is 24.3 Å². The first-order chi connectivity index (χ1) is 11.1. The Balaban J connectivity index is 1.54. The van der Waals surface area contributed by atoms with E-state index in [0.29, 0.717) is 42.8 Å². The Labute approximate surface area is 138 Å². The van der Waals surface area contributed by atoms with Crippen LogP contribution in [0.2, 0.25) is 5.15 Å². The van der Waals surface area contributed by atoms with Crippen LogP contribution in [0, 0.1) is 0 Å². The maximum absolute atomic E-state index is 12.3. The molecule has 9 heteroatoms. The third-order valence-electron chi connectivity index (χ3n) is 3.65. The van der Waals surface area contributed by atoms with Gasteiger partial charge in [-0.15, -0.1) is 15.3 Å². The van der Waals surface area contributed by atoms with Crippen LogP contribution in [-0.4, -0.2) is 57.4 Å². The summed E-state index contributed by atoms with van der Waals surface area (Å²) in [4.78, 5) is 16.2. The zero-order chi connectivity index (χ0) is 16.2. The SMILES string of the molecule is Nc1ccc(CC(=O)N2CCN(c3ccc(Cl)nn3)CC2)nn1. The third kappa shape index (κ3) is 3.84. The second-order valence-corrected chi connectivity index (χ2v) is 5.60. The number of nitrogens with zero attached hydrogens (tertiary/aromatic N) is 6. The van der Waals surface area contributed by atoms with Crippen molar-refractivity contribution in [3.05, 3.63) is 35.1 Å². The lowest BCUT2D eigenvalue weighted by molar-refractivity contribution is -0.130. The molecule has 3 rings (SSSR count). The molecule has 0 atom stereocenters. The Bertz CT molecular complexity index is 669. The minimum Gasteiger partial charge on any atom is -0.382 e. The fraction of sp³-hybridized carbons (Fsp3) is 0.357. The first-order valence-electron chi connectivity index (χ1n) is 7.22. The summed E-state index contributed by atoms with van der Waals surface area (Å²) in [7, 11) is 0. The van der Waals surface area contributed by atoms with E-state index >= 15 is 0 Å². The van der Waals surface area contributed by atoms with Crippen LogP contribution in [0.5, 0.6) is 0 Å². The van der Waals surface area contributed by atoms with E-state index in [-0.39, 0.29) is 12.3 Å². The summed E-state index contributed by atoms with van der Waals surface area (Å²) >= 11 is 5.74. The highest BCUT2D eigenvalue weighted by Gasteiger charge is 2.22. The number of halogens is 1. The minimum atomic E-state index is 0.0333. The molecule has 0 aliphatic carbocycles. The van der Waals surface area contributed by atoms with Gasteiger partial charge >= 0.3 is 0 Å². The molecule has 1 saturated heterocycles. The highest BCUT2D eigenvalue weighted by molar-refractivity contribution is 6.29. The zero-order valence-corrected chi connectivity index (χ0v) is 13.1. The van der Waals surface area contributed by atoms with Gasteiger partial charge in [0.15, 0.2) is 11.0 Å². The molecule has 23 heavy (non-hydrogen) atoms. The van der Waals surface area contributed by atoms with E-state index in [2.05, 4.69) is 25.3 Å². The second kappa shape index (κ2) is 6.74. The summed E-state index contributed by atoms with van der Waals surface area (Å²) in [5.41, 5.74) is 6.11. The van der Waals surface area contributed by atoms with Crippen molar-refractivity contribution in [2.45, 2.75) is 6.42 Å². The van der Waals surface area contributed by atoms with Crippen molar-refractivity contribution in [1.82, 2.24) is 25.3 Å². The van der Waals surface area contributed by atoms with Crippen molar-refractivity contribution in [2.24, 2.45) is 0 Å². The number of aromatic nitrogens is 4. The van der Waals surface area contributed by atoms with E-state index in [9.17, 15) is 4.79 Å². The van der Waals surface area contributed by atoms with E-state index in [1.807, 2.05) is 11.0 Å². The number of nitrogen functional groups attached to an aromatic ring is 1. The quantitative estimate of drug-likeness (QED) is 0.867. The lowest BCUT2D eigenvalue weighted by Gasteiger charge is -2.35. The van der Waals surface area contributed by atoms with E-state index < -0.39 is 0 Å². The molecule has 2 aromatic heterocycles. The summed E-state index contributed by atoms with van der Waals surface area (Å²) in [5, 5.41) is 15.9.